The predicted octanol–water partition coefficient (Wildman–Crippen LogP) is 2.41. The minimum Gasteiger partial charge on any atom is -0.375 e. The minimum absolute atomic E-state index is 0.0706. The van der Waals surface area contributed by atoms with Gasteiger partial charge in [0.2, 0.25) is 0 Å². The molecule has 2 heterocycles. The van der Waals surface area contributed by atoms with Crippen LogP contribution in [-0.4, -0.2) is 48.3 Å². The summed E-state index contributed by atoms with van der Waals surface area (Å²) in [6.45, 7) is 12.3. The maximum atomic E-state index is 5.84. The highest BCUT2D eigenvalue weighted by atomic mass is 16.5. The van der Waals surface area contributed by atoms with Gasteiger partial charge in [-0.25, -0.2) is 0 Å². The Morgan fingerprint density at radius 2 is 2.11 bits per heavy atom. The van der Waals surface area contributed by atoms with E-state index in [2.05, 4.69) is 37.9 Å². The van der Waals surface area contributed by atoms with E-state index in [0.29, 0.717) is 6.04 Å². The molecule has 0 aliphatic carbocycles. The first kappa shape index (κ1) is 14.3. The predicted molar refractivity (Wildman–Crippen MR) is 75.9 cm³/mol. The summed E-state index contributed by atoms with van der Waals surface area (Å²) in [5.41, 5.74) is 0.0706. The van der Waals surface area contributed by atoms with Crippen molar-refractivity contribution in [2.45, 2.75) is 77.1 Å². The van der Waals surface area contributed by atoms with Gasteiger partial charge in [0.15, 0.2) is 0 Å². The second-order valence-corrected chi connectivity index (χ2v) is 6.62. The average molecular weight is 254 g/mol. The van der Waals surface area contributed by atoms with Gasteiger partial charge in [0.05, 0.1) is 5.60 Å². The summed E-state index contributed by atoms with van der Waals surface area (Å²) in [5.74, 6) is 0. The van der Waals surface area contributed by atoms with E-state index in [1.54, 1.807) is 0 Å². The first-order valence-corrected chi connectivity index (χ1v) is 7.65. The SMILES string of the molecule is CCNC1CCN(C2CCOC(C)(C)C2)C(C)C1. The Labute approximate surface area is 112 Å². The highest BCUT2D eigenvalue weighted by Gasteiger charge is 2.36. The molecular formula is C15H30N2O. The quantitative estimate of drug-likeness (QED) is 0.837. The van der Waals surface area contributed by atoms with Crippen molar-refractivity contribution < 1.29 is 4.74 Å². The van der Waals surface area contributed by atoms with Crippen molar-refractivity contribution in [2.75, 3.05) is 19.7 Å². The molecule has 2 rings (SSSR count). The summed E-state index contributed by atoms with van der Waals surface area (Å²) in [5, 5.41) is 3.60. The number of nitrogens with zero attached hydrogens (tertiary/aromatic N) is 1. The van der Waals surface area contributed by atoms with E-state index in [1.807, 2.05) is 0 Å². The fourth-order valence-electron chi connectivity index (χ4n) is 3.69. The van der Waals surface area contributed by atoms with Gasteiger partial charge in [-0.2, -0.15) is 0 Å². The van der Waals surface area contributed by atoms with Crippen molar-refractivity contribution >= 4 is 0 Å². The van der Waals surface area contributed by atoms with Crippen molar-refractivity contribution in [2.24, 2.45) is 0 Å². The van der Waals surface area contributed by atoms with Gasteiger partial charge in [-0.3, -0.25) is 4.90 Å². The van der Waals surface area contributed by atoms with Crippen molar-refractivity contribution in [1.82, 2.24) is 10.2 Å². The van der Waals surface area contributed by atoms with Crippen molar-refractivity contribution in [3.05, 3.63) is 0 Å². The summed E-state index contributed by atoms with van der Waals surface area (Å²) in [6.07, 6.45) is 4.99. The van der Waals surface area contributed by atoms with Crippen LogP contribution < -0.4 is 5.32 Å². The van der Waals surface area contributed by atoms with Gasteiger partial charge in [0.1, 0.15) is 0 Å². The van der Waals surface area contributed by atoms with Crippen LogP contribution in [-0.2, 0) is 4.74 Å². The molecule has 106 valence electrons. The van der Waals surface area contributed by atoms with Gasteiger partial charge >= 0.3 is 0 Å². The molecule has 0 spiro atoms. The number of hydrogen-bond donors (Lipinski definition) is 1. The molecule has 3 nitrogen and oxygen atoms in total. The molecule has 2 aliphatic heterocycles. The highest BCUT2D eigenvalue weighted by molar-refractivity contribution is 4.91. The summed E-state index contributed by atoms with van der Waals surface area (Å²) < 4.78 is 5.84. The van der Waals surface area contributed by atoms with Gasteiger partial charge < -0.3 is 10.1 Å². The zero-order valence-electron chi connectivity index (χ0n) is 12.5. The number of hydrogen-bond acceptors (Lipinski definition) is 3. The number of piperidine rings is 1. The fourth-order valence-corrected chi connectivity index (χ4v) is 3.69. The van der Waals surface area contributed by atoms with Gasteiger partial charge in [0, 0.05) is 31.3 Å². The molecule has 0 amide bonds. The molecule has 0 radical (unpaired) electrons. The molecule has 3 unspecified atom stereocenters. The van der Waals surface area contributed by atoms with Gasteiger partial charge in [0.25, 0.3) is 0 Å². The molecule has 0 aromatic rings. The van der Waals surface area contributed by atoms with Crippen LogP contribution in [0.25, 0.3) is 0 Å². The zero-order valence-corrected chi connectivity index (χ0v) is 12.5. The molecule has 0 aromatic carbocycles. The Kier molecular flexibility index (Phi) is 4.68. The average Bonchev–Trinajstić information content (AvgIpc) is 2.28. The van der Waals surface area contributed by atoms with E-state index in [1.165, 1.54) is 32.2 Å². The first-order chi connectivity index (χ1) is 8.52. The Hall–Kier alpha value is -0.120. The lowest BCUT2D eigenvalue weighted by molar-refractivity contribution is -0.0927. The summed E-state index contributed by atoms with van der Waals surface area (Å²) in [4.78, 5) is 2.73. The molecule has 2 fully saturated rings. The van der Waals surface area contributed by atoms with Gasteiger partial charge in [-0.05, 0) is 53.0 Å². The van der Waals surface area contributed by atoms with Crippen LogP contribution in [0.15, 0.2) is 0 Å². The normalized spacial score (nSPS) is 37.7. The Balaban J connectivity index is 1.90. The van der Waals surface area contributed by atoms with E-state index in [0.717, 1.165) is 25.2 Å². The standard InChI is InChI=1S/C15H30N2O/c1-5-16-13-6-8-17(12(2)10-13)14-7-9-18-15(3,4)11-14/h12-14,16H,5-11H2,1-4H3. The van der Waals surface area contributed by atoms with Gasteiger partial charge in [-0.15, -0.1) is 0 Å². The lowest BCUT2D eigenvalue weighted by Gasteiger charge is -2.47. The Morgan fingerprint density at radius 3 is 2.72 bits per heavy atom. The van der Waals surface area contributed by atoms with Crippen LogP contribution >= 0.6 is 0 Å². The molecule has 0 aromatic heterocycles. The van der Waals surface area contributed by atoms with Crippen molar-refractivity contribution in [3.8, 4) is 0 Å². The Morgan fingerprint density at radius 1 is 1.33 bits per heavy atom. The fraction of sp³-hybridized carbons (Fsp3) is 1.00. The molecule has 1 N–H and O–H groups in total. The summed E-state index contributed by atoms with van der Waals surface area (Å²) in [7, 11) is 0. The molecule has 3 atom stereocenters. The van der Waals surface area contributed by atoms with Crippen LogP contribution in [0.2, 0.25) is 0 Å². The third kappa shape index (κ3) is 3.46. The number of nitrogens with one attached hydrogen (secondary N) is 1. The molecule has 2 aliphatic rings. The molecule has 18 heavy (non-hydrogen) atoms. The Bertz CT molecular complexity index is 267. The largest absolute Gasteiger partial charge is 0.375 e. The van der Waals surface area contributed by atoms with E-state index >= 15 is 0 Å². The molecule has 3 heteroatoms. The van der Waals surface area contributed by atoms with Crippen LogP contribution in [0.1, 0.15) is 53.4 Å². The van der Waals surface area contributed by atoms with E-state index in [4.69, 9.17) is 4.74 Å². The van der Waals surface area contributed by atoms with Crippen molar-refractivity contribution in [3.63, 3.8) is 0 Å². The van der Waals surface area contributed by atoms with Crippen LogP contribution in [0.3, 0.4) is 0 Å². The van der Waals surface area contributed by atoms with Crippen LogP contribution in [0.4, 0.5) is 0 Å². The lowest BCUT2D eigenvalue weighted by Crippen LogP contribution is -2.54. The lowest BCUT2D eigenvalue weighted by atomic mass is 9.89. The first-order valence-electron chi connectivity index (χ1n) is 7.65. The third-order valence-corrected chi connectivity index (χ3v) is 4.56. The highest BCUT2D eigenvalue weighted by Crippen LogP contribution is 2.31. The summed E-state index contributed by atoms with van der Waals surface area (Å²) >= 11 is 0. The third-order valence-electron chi connectivity index (χ3n) is 4.56. The number of rotatable bonds is 3. The van der Waals surface area contributed by atoms with Gasteiger partial charge in [-0.1, -0.05) is 6.92 Å². The number of likely N-dealkylation sites (tertiary alicyclic amines) is 1. The molecule has 0 saturated carbocycles. The second kappa shape index (κ2) is 5.89. The van der Waals surface area contributed by atoms with E-state index in [9.17, 15) is 0 Å². The molecule has 2 saturated heterocycles. The maximum absolute atomic E-state index is 5.84. The smallest absolute Gasteiger partial charge is 0.0641 e. The van der Waals surface area contributed by atoms with Crippen molar-refractivity contribution in [1.29, 1.82) is 0 Å². The maximum Gasteiger partial charge on any atom is 0.0641 e. The minimum atomic E-state index is 0.0706. The topological polar surface area (TPSA) is 24.5 Å². The monoisotopic (exact) mass is 254 g/mol. The van der Waals surface area contributed by atoms with E-state index in [-0.39, 0.29) is 5.60 Å². The molecular weight excluding hydrogens is 224 g/mol. The number of ether oxygens (including phenoxy) is 1. The molecule has 0 bridgehead atoms. The zero-order chi connectivity index (χ0) is 13.2. The van der Waals surface area contributed by atoms with Crippen LogP contribution in [0.5, 0.6) is 0 Å². The second-order valence-electron chi connectivity index (χ2n) is 6.62. The van der Waals surface area contributed by atoms with E-state index < -0.39 is 0 Å². The summed E-state index contributed by atoms with van der Waals surface area (Å²) in [6, 6.07) is 2.17. The van der Waals surface area contributed by atoms with Crippen LogP contribution in [0, 0.1) is 0 Å².